The lowest BCUT2D eigenvalue weighted by Gasteiger charge is -2.44. The molecule has 0 bridgehead atoms. The Labute approximate surface area is 146 Å². The van der Waals surface area contributed by atoms with Crippen LogP contribution in [0.15, 0.2) is 0 Å². The van der Waals surface area contributed by atoms with E-state index in [1.54, 1.807) is 0 Å². The van der Waals surface area contributed by atoms with Crippen LogP contribution < -0.4 is 0 Å². The summed E-state index contributed by atoms with van der Waals surface area (Å²) >= 11 is 0. The summed E-state index contributed by atoms with van der Waals surface area (Å²) in [4.78, 5) is 26.8. The van der Waals surface area contributed by atoms with Gasteiger partial charge in [-0.1, -0.05) is 38.5 Å². The Morgan fingerprint density at radius 3 is 1.46 bits per heavy atom. The summed E-state index contributed by atoms with van der Waals surface area (Å²) in [6.07, 6.45) is 15.2. The van der Waals surface area contributed by atoms with Crippen LogP contribution in [0.3, 0.4) is 0 Å². The van der Waals surface area contributed by atoms with Crippen LogP contribution >= 0.6 is 0 Å². The average molecular weight is 335 g/mol. The van der Waals surface area contributed by atoms with Crippen LogP contribution in [0.5, 0.6) is 0 Å². The molecule has 4 nitrogen and oxygen atoms in total. The van der Waals surface area contributed by atoms with Crippen molar-refractivity contribution in [3.63, 3.8) is 0 Å². The van der Waals surface area contributed by atoms with Gasteiger partial charge in [0.05, 0.1) is 5.92 Å². The monoisotopic (exact) mass is 335 g/mol. The summed E-state index contributed by atoms with van der Waals surface area (Å²) in [6.45, 7) is 0. The van der Waals surface area contributed by atoms with E-state index in [1.807, 2.05) is 0 Å². The standard InChI is InChI=1S/C20H33NO3/c22-19(15-11-13-16(14-12-15)20(23)24)21(17-7-3-1-4-8-17)18-9-5-2-6-10-18/h15-18H,1-14H2,(H,23,24). The van der Waals surface area contributed by atoms with Crippen molar-refractivity contribution in [2.24, 2.45) is 11.8 Å². The van der Waals surface area contributed by atoms with Gasteiger partial charge >= 0.3 is 5.97 Å². The highest BCUT2D eigenvalue weighted by molar-refractivity contribution is 5.80. The van der Waals surface area contributed by atoms with Crippen molar-refractivity contribution in [3.05, 3.63) is 0 Å². The minimum atomic E-state index is -0.683. The van der Waals surface area contributed by atoms with Crippen LogP contribution in [0.2, 0.25) is 0 Å². The van der Waals surface area contributed by atoms with Gasteiger partial charge in [0.25, 0.3) is 0 Å². The number of hydrogen-bond acceptors (Lipinski definition) is 2. The molecule has 3 aliphatic carbocycles. The molecule has 0 atom stereocenters. The van der Waals surface area contributed by atoms with E-state index in [-0.39, 0.29) is 11.8 Å². The molecule has 4 heteroatoms. The molecule has 3 aliphatic rings. The number of rotatable bonds is 4. The molecule has 0 spiro atoms. The summed E-state index contributed by atoms with van der Waals surface area (Å²) in [5.74, 6) is -0.480. The Kier molecular flexibility index (Phi) is 6.18. The van der Waals surface area contributed by atoms with Crippen molar-refractivity contribution in [3.8, 4) is 0 Å². The molecule has 0 aliphatic heterocycles. The van der Waals surface area contributed by atoms with E-state index >= 15 is 0 Å². The molecule has 136 valence electrons. The molecule has 1 N–H and O–H groups in total. The number of aliphatic carboxylic acids is 1. The number of carbonyl (C=O) groups is 2. The topological polar surface area (TPSA) is 57.6 Å². The molecule has 24 heavy (non-hydrogen) atoms. The maximum atomic E-state index is 13.4. The second-order valence-corrected chi connectivity index (χ2v) is 8.22. The maximum Gasteiger partial charge on any atom is 0.306 e. The Morgan fingerprint density at radius 2 is 1.04 bits per heavy atom. The highest BCUT2D eigenvalue weighted by Gasteiger charge is 2.38. The molecule has 3 saturated carbocycles. The fourth-order valence-corrected chi connectivity index (χ4v) is 5.17. The van der Waals surface area contributed by atoms with E-state index in [1.165, 1.54) is 64.2 Å². The molecular weight excluding hydrogens is 302 g/mol. The third-order valence-corrected chi connectivity index (χ3v) is 6.62. The van der Waals surface area contributed by atoms with Crippen molar-refractivity contribution in [2.45, 2.75) is 102 Å². The zero-order valence-corrected chi connectivity index (χ0v) is 14.9. The zero-order valence-electron chi connectivity index (χ0n) is 14.9. The van der Waals surface area contributed by atoms with Gasteiger partial charge in [0.1, 0.15) is 0 Å². The number of amides is 1. The number of nitrogens with zero attached hydrogens (tertiary/aromatic N) is 1. The van der Waals surface area contributed by atoms with Crippen LogP contribution in [0.25, 0.3) is 0 Å². The lowest BCUT2D eigenvalue weighted by molar-refractivity contribution is -0.148. The van der Waals surface area contributed by atoms with Gasteiger partial charge in [-0.05, 0) is 51.4 Å². The van der Waals surface area contributed by atoms with Gasteiger partial charge in [-0.2, -0.15) is 0 Å². The lowest BCUT2D eigenvalue weighted by Crippen LogP contribution is -2.51. The Bertz CT molecular complexity index is 412. The molecular formula is C20H33NO3. The van der Waals surface area contributed by atoms with Crippen molar-refractivity contribution in [2.75, 3.05) is 0 Å². The Morgan fingerprint density at radius 1 is 0.625 bits per heavy atom. The molecule has 0 aromatic carbocycles. The third kappa shape index (κ3) is 4.12. The van der Waals surface area contributed by atoms with E-state index in [4.69, 9.17) is 0 Å². The molecule has 0 aromatic rings. The molecule has 0 aromatic heterocycles. The number of carbonyl (C=O) groups excluding carboxylic acids is 1. The SMILES string of the molecule is O=C(O)C1CCC(C(=O)N(C2CCCCC2)C2CCCCC2)CC1. The quantitative estimate of drug-likeness (QED) is 0.830. The van der Waals surface area contributed by atoms with Gasteiger partial charge in [0.2, 0.25) is 5.91 Å². The van der Waals surface area contributed by atoms with E-state index in [0.717, 1.165) is 12.8 Å². The minimum Gasteiger partial charge on any atom is -0.481 e. The highest BCUT2D eigenvalue weighted by atomic mass is 16.4. The second kappa shape index (κ2) is 8.35. The summed E-state index contributed by atoms with van der Waals surface area (Å²) in [7, 11) is 0. The van der Waals surface area contributed by atoms with Gasteiger partial charge < -0.3 is 10.0 Å². The fraction of sp³-hybridized carbons (Fsp3) is 0.900. The molecule has 3 rings (SSSR count). The first kappa shape index (κ1) is 17.8. The molecule has 0 radical (unpaired) electrons. The number of carboxylic acid groups (broad SMARTS) is 1. The Balaban J connectivity index is 1.67. The van der Waals surface area contributed by atoms with E-state index in [0.29, 0.717) is 30.8 Å². The predicted molar refractivity (Wildman–Crippen MR) is 93.7 cm³/mol. The molecule has 0 saturated heterocycles. The average Bonchev–Trinajstić information content (AvgIpc) is 2.64. The van der Waals surface area contributed by atoms with Gasteiger partial charge in [-0.25, -0.2) is 0 Å². The Hall–Kier alpha value is -1.06. The highest BCUT2D eigenvalue weighted by Crippen LogP contribution is 2.35. The first-order valence-electron chi connectivity index (χ1n) is 10.2. The first-order valence-corrected chi connectivity index (χ1v) is 10.2. The van der Waals surface area contributed by atoms with E-state index in [2.05, 4.69) is 4.90 Å². The van der Waals surface area contributed by atoms with Gasteiger partial charge in [-0.3, -0.25) is 9.59 Å². The molecule has 0 heterocycles. The third-order valence-electron chi connectivity index (χ3n) is 6.62. The molecule has 0 unspecified atom stereocenters. The van der Waals surface area contributed by atoms with Crippen LogP contribution in [0.4, 0.5) is 0 Å². The van der Waals surface area contributed by atoms with Gasteiger partial charge in [0, 0.05) is 18.0 Å². The summed E-state index contributed by atoms with van der Waals surface area (Å²) in [5.41, 5.74) is 0. The van der Waals surface area contributed by atoms with Crippen molar-refractivity contribution < 1.29 is 14.7 Å². The normalized spacial score (nSPS) is 30.0. The van der Waals surface area contributed by atoms with Gasteiger partial charge in [0.15, 0.2) is 0 Å². The van der Waals surface area contributed by atoms with Gasteiger partial charge in [-0.15, -0.1) is 0 Å². The predicted octanol–water partition coefficient (Wildman–Crippen LogP) is 4.37. The number of hydrogen-bond donors (Lipinski definition) is 1. The summed E-state index contributed by atoms with van der Waals surface area (Å²) in [5, 5.41) is 9.18. The van der Waals surface area contributed by atoms with Crippen molar-refractivity contribution >= 4 is 11.9 Å². The number of carboxylic acids is 1. The van der Waals surface area contributed by atoms with Crippen LogP contribution in [-0.2, 0) is 9.59 Å². The van der Waals surface area contributed by atoms with Crippen LogP contribution in [-0.4, -0.2) is 34.0 Å². The van der Waals surface area contributed by atoms with E-state index < -0.39 is 5.97 Å². The maximum absolute atomic E-state index is 13.4. The van der Waals surface area contributed by atoms with Crippen molar-refractivity contribution in [1.29, 1.82) is 0 Å². The molecule has 1 amide bonds. The molecule has 3 fully saturated rings. The minimum absolute atomic E-state index is 0.0736. The smallest absolute Gasteiger partial charge is 0.306 e. The largest absolute Gasteiger partial charge is 0.481 e. The lowest BCUT2D eigenvalue weighted by atomic mass is 9.80. The van der Waals surface area contributed by atoms with Crippen LogP contribution in [0, 0.1) is 11.8 Å². The van der Waals surface area contributed by atoms with Crippen LogP contribution in [0.1, 0.15) is 89.9 Å². The van der Waals surface area contributed by atoms with E-state index in [9.17, 15) is 14.7 Å². The second-order valence-electron chi connectivity index (χ2n) is 8.22. The first-order chi connectivity index (χ1) is 11.7. The summed E-state index contributed by atoms with van der Waals surface area (Å²) in [6, 6.07) is 0.901. The summed E-state index contributed by atoms with van der Waals surface area (Å²) < 4.78 is 0. The zero-order chi connectivity index (χ0) is 16.9. The fourth-order valence-electron chi connectivity index (χ4n) is 5.17. The van der Waals surface area contributed by atoms with Crippen molar-refractivity contribution in [1.82, 2.24) is 4.90 Å².